The van der Waals surface area contributed by atoms with Crippen LogP contribution in [0.5, 0.6) is 0 Å². The van der Waals surface area contributed by atoms with Crippen LogP contribution in [0.25, 0.3) is 0 Å². The minimum Gasteiger partial charge on any atom is -0.376 e. The van der Waals surface area contributed by atoms with Gasteiger partial charge in [0.2, 0.25) is 0 Å². The summed E-state index contributed by atoms with van der Waals surface area (Å²) < 4.78 is 43.6. The Morgan fingerprint density at radius 3 is 2.10 bits per heavy atom. The lowest BCUT2D eigenvalue weighted by atomic mass is 9.82. The largest absolute Gasteiger partial charge is 0.416 e. The third-order valence-electron chi connectivity index (χ3n) is 4.10. The molecular weight excluding hydrogens is 267 g/mol. The molecule has 5 heteroatoms. The van der Waals surface area contributed by atoms with Crippen LogP contribution in [0.2, 0.25) is 0 Å². The molecule has 2 nitrogen and oxygen atoms in total. The number of alkyl halides is 3. The molecule has 0 heterocycles. The molecule has 0 aliphatic heterocycles. The molecule has 114 valence electrons. The number of methoxy groups -OCH3 is 1. The van der Waals surface area contributed by atoms with E-state index >= 15 is 0 Å². The molecule has 0 saturated heterocycles. The fourth-order valence-electron chi connectivity index (χ4n) is 2.59. The molecule has 0 bridgehead atoms. The summed E-state index contributed by atoms with van der Waals surface area (Å²) in [5.41, 5.74) is 6.29. The standard InChI is InChI=1S/C15H22F3NO/c1-5-14(6-2,20-4)13(19)12-8-7-11(9-10(12)3)15(16,17)18/h7-9,13H,5-6,19H2,1-4H3. The molecule has 1 atom stereocenters. The van der Waals surface area contributed by atoms with Gasteiger partial charge < -0.3 is 10.5 Å². The number of nitrogens with two attached hydrogens (primary N) is 1. The van der Waals surface area contributed by atoms with Crippen molar-refractivity contribution in [3.63, 3.8) is 0 Å². The molecule has 1 unspecified atom stereocenters. The second-order valence-corrected chi connectivity index (χ2v) is 5.02. The summed E-state index contributed by atoms with van der Waals surface area (Å²) in [5, 5.41) is 0. The smallest absolute Gasteiger partial charge is 0.376 e. The molecule has 0 fully saturated rings. The fraction of sp³-hybridized carbons (Fsp3) is 0.600. The van der Waals surface area contributed by atoms with Crippen molar-refractivity contribution in [2.75, 3.05) is 7.11 Å². The van der Waals surface area contributed by atoms with Crippen molar-refractivity contribution in [2.24, 2.45) is 5.73 Å². The zero-order valence-electron chi connectivity index (χ0n) is 12.3. The molecule has 0 radical (unpaired) electrons. The summed E-state index contributed by atoms with van der Waals surface area (Å²) in [6.07, 6.45) is -2.94. The lowest BCUT2D eigenvalue weighted by Crippen LogP contribution is -2.42. The summed E-state index contributed by atoms with van der Waals surface area (Å²) in [7, 11) is 1.59. The van der Waals surface area contributed by atoms with Crippen LogP contribution in [-0.4, -0.2) is 12.7 Å². The van der Waals surface area contributed by atoms with Crippen LogP contribution in [-0.2, 0) is 10.9 Å². The van der Waals surface area contributed by atoms with Gasteiger partial charge in [-0.2, -0.15) is 13.2 Å². The highest BCUT2D eigenvalue weighted by Gasteiger charge is 2.36. The second-order valence-electron chi connectivity index (χ2n) is 5.02. The minimum atomic E-state index is -4.33. The summed E-state index contributed by atoms with van der Waals surface area (Å²) >= 11 is 0. The number of rotatable bonds is 5. The zero-order chi connectivity index (χ0) is 15.6. The van der Waals surface area contributed by atoms with Gasteiger partial charge in [0, 0.05) is 7.11 Å². The van der Waals surface area contributed by atoms with Crippen LogP contribution in [0.3, 0.4) is 0 Å². The number of hydrogen-bond acceptors (Lipinski definition) is 2. The van der Waals surface area contributed by atoms with Gasteiger partial charge in [0.25, 0.3) is 0 Å². The van der Waals surface area contributed by atoms with E-state index in [1.54, 1.807) is 14.0 Å². The lowest BCUT2D eigenvalue weighted by Gasteiger charge is -2.37. The first-order chi connectivity index (χ1) is 9.21. The van der Waals surface area contributed by atoms with Crippen LogP contribution in [0.1, 0.15) is 49.4 Å². The maximum atomic E-state index is 12.7. The molecular formula is C15H22F3NO. The first kappa shape index (κ1) is 17.0. The Balaban J connectivity index is 3.21. The minimum absolute atomic E-state index is 0.454. The first-order valence-electron chi connectivity index (χ1n) is 6.70. The van der Waals surface area contributed by atoms with E-state index in [4.69, 9.17) is 10.5 Å². The molecule has 0 saturated carbocycles. The van der Waals surface area contributed by atoms with Crippen LogP contribution in [0.15, 0.2) is 18.2 Å². The van der Waals surface area contributed by atoms with Crippen LogP contribution >= 0.6 is 0 Å². The SMILES string of the molecule is CCC(CC)(OC)C(N)c1ccc(C(F)(F)F)cc1C. The second kappa shape index (κ2) is 6.14. The Hall–Kier alpha value is -1.07. The maximum Gasteiger partial charge on any atom is 0.416 e. The van der Waals surface area contributed by atoms with E-state index in [9.17, 15) is 13.2 Å². The van der Waals surface area contributed by atoms with Gasteiger partial charge in [0.1, 0.15) is 0 Å². The molecule has 1 rings (SSSR count). The predicted molar refractivity (Wildman–Crippen MR) is 73.4 cm³/mol. The Morgan fingerprint density at radius 1 is 1.20 bits per heavy atom. The Morgan fingerprint density at radius 2 is 1.75 bits per heavy atom. The van der Waals surface area contributed by atoms with E-state index in [0.29, 0.717) is 24.0 Å². The first-order valence-corrected chi connectivity index (χ1v) is 6.70. The number of ether oxygens (including phenoxy) is 1. The highest BCUT2D eigenvalue weighted by Crippen LogP contribution is 2.36. The predicted octanol–water partition coefficient (Wildman–Crippen LogP) is 4.22. The molecule has 0 aliphatic carbocycles. The summed E-state index contributed by atoms with van der Waals surface area (Å²) in [5.74, 6) is 0. The third kappa shape index (κ3) is 3.15. The van der Waals surface area contributed by atoms with Gasteiger partial charge in [-0.25, -0.2) is 0 Å². The van der Waals surface area contributed by atoms with Crippen LogP contribution in [0, 0.1) is 6.92 Å². The van der Waals surface area contributed by atoms with E-state index in [1.165, 1.54) is 6.07 Å². The van der Waals surface area contributed by atoms with Crippen LogP contribution < -0.4 is 5.73 Å². The third-order valence-corrected chi connectivity index (χ3v) is 4.10. The van der Waals surface area contributed by atoms with Gasteiger partial charge in [-0.05, 0) is 43.0 Å². The van der Waals surface area contributed by atoms with E-state index in [1.807, 2.05) is 13.8 Å². The van der Waals surface area contributed by atoms with Gasteiger partial charge in [0.15, 0.2) is 0 Å². The number of aryl methyl sites for hydroxylation is 1. The van der Waals surface area contributed by atoms with E-state index in [0.717, 1.165) is 12.1 Å². The van der Waals surface area contributed by atoms with E-state index < -0.39 is 23.4 Å². The van der Waals surface area contributed by atoms with Gasteiger partial charge in [0.05, 0.1) is 17.2 Å². The monoisotopic (exact) mass is 289 g/mol. The van der Waals surface area contributed by atoms with Gasteiger partial charge in [-0.1, -0.05) is 19.9 Å². The van der Waals surface area contributed by atoms with Crippen LogP contribution in [0.4, 0.5) is 13.2 Å². The molecule has 0 aliphatic rings. The molecule has 2 N–H and O–H groups in total. The lowest BCUT2D eigenvalue weighted by molar-refractivity contribution is -0.137. The van der Waals surface area contributed by atoms with Gasteiger partial charge in [-0.3, -0.25) is 0 Å². The van der Waals surface area contributed by atoms with E-state index in [-0.39, 0.29) is 0 Å². The normalized spacial score (nSPS) is 14.4. The number of halogens is 3. The van der Waals surface area contributed by atoms with Crippen molar-refractivity contribution in [1.29, 1.82) is 0 Å². The van der Waals surface area contributed by atoms with E-state index in [2.05, 4.69) is 0 Å². The van der Waals surface area contributed by atoms with Crippen molar-refractivity contribution in [3.8, 4) is 0 Å². The highest BCUT2D eigenvalue weighted by molar-refractivity contribution is 5.36. The molecule has 1 aromatic rings. The maximum absolute atomic E-state index is 12.7. The molecule has 20 heavy (non-hydrogen) atoms. The Labute approximate surface area is 118 Å². The molecule has 0 spiro atoms. The van der Waals surface area contributed by atoms with Gasteiger partial charge in [-0.15, -0.1) is 0 Å². The molecule has 0 aromatic heterocycles. The van der Waals surface area contributed by atoms with Crippen molar-refractivity contribution >= 4 is 0 Å². The zero-order valence-corrected chi connectivity index (χ0v) is 12.3. The van der Waals surface area contributed by atoms with Crippen molar-refractivity contribution in [1.82, 2.24) is 0 Å². The van der Waals surface area contributed by atoms with Crippen molar-refractivity contribution < 1.29 is 17.9 Å². The summed E-state index contributed by atoms with van der Waals surface area (Å²) in [4.78, 5) is 0. The fourth-order valence-corrected chi connectivity index (χ4v) is 2.59. The Kier molecular flexibility index (Phi) is 5.21. The summed E-state index contributed by atoms with van der Waals surface area (Å²) in [6, 6.07) is 3.22. The average molecular weight is 289 g/mol. The van der Waals surface area contributed by atoms with Gasteiger partial charge >= 0.3 is 6.18 Å². The summed E-state index contributed by atoms with van der Waals surface area (Å²) in [6.45, 7) is 5.58. The highest BCUT2D eigenvalue weighted by atomic mass is 19.4. The quantitative estimate of drug-likeness (QED) is 0.881. The van der Waals surface area contributed by atoms with Crippen molar-refractivity contribution in [2.45, 2.75) is 51.4 Å². The molecule has 1 aromatic carbocycles. The molecule has 0 amide bonds. The Bertz CT molecular complexity index is 445. The average Bonchev–Trinajstić information content (AvgIpc) is 2.40. The number of benzene rings is 1. The number of hydrogen-bond donors (Lipinski definition) is 1. The van der Waals surface area contributed by atoms with Crippen molar-refractivity contribution in [3.05, 3.63) is 34.9 Å². The topological polar surface area (TPSA) is 35.2 Å².